The van der Waals surface area contributed by atoms with Gasteiger partial charge in [0.25, 0.3) is 11.6 Å². The molecule has 0 saturated carbocycles. The van der Waals surface area contributed by atoms with E-state index in [1.54, 1.807) is 11.8 Å². The molecule has 0 aliphatic rings. The molecule has 0 unspecified atom stereocenters. The van der Waals surface area contributed by atoms with Crippen molar-refractivity contribution in [2.75, 3.05) is 18.8 Å². The van der Waals surface area contributed by atoms with Crippen LogP contribution in [0.5, 0.6) is 0 Å². The van der Waals surface area contributed by atoms with E-state index in [2.05, 4.69) is 34.9 Å². The topological polar surface area (TPSA) is 101 Å². The molecule has 2 rings (SSSR count). The Hall–Kier alpha value is -2.87. The van der Waals surface area contributed by atoms with Crippen molar-refractivity contribution in [3.05, 3.63) is 69.8 Å². The number of amides is 2. The molecule has 27 heavy (non-hydrogen) atoms. The summed E-state index contributed by atoms with van der Waals surface area (Å²) in [5.41, 5.74) is 1.45. The van der Waals surface area contributed by atoms with Crippen LogP contribution in [0.15, 0.2) is 53.4 Å². The Balaban J connectivity index is 1.61. The van der Waals surface area contributed by atoms with Crippen molar-refractivity contribution in [2.24, 2.45) is 0 Å². The van der Waals surface area contributed by atoms with Crippen molar-refractivity contribution in [3.63, 3.8) is 0 Å². The van der Waals surface area contributed by atoms with Gasteiger partial charge in [-0.1, -0.05) is 17.7 Å². The highest BCUT2D eigenvalue weighted by molar-refractivity contribution is 7.99. The molecule has 0 aliphatic carbocycles. The summed E-state index contributed by atoms with van der Waals surface area (Å²) in [7, 11) is 0. The number of rotatable bonds is 9. The van der Waals surface area contributed by atoms with Crippen LogP contribution in [0.1, 0.15) is 22.3 Å². The van der Waals surface area contributed by atoms with Gasteiger partial charge < -0.3 is 10.6 Å². The van der Waals surface area contributed by atoms with Gasteiger partial charge in [-0.05, 0) is 31.2 Å². The van der Waals surface area contributed by atoms with Gasteiger partial charge in [-0.25, -0.2) is 0 Å². The molecule has 0 aromatic heterocycles. The maximum absolute atomic E-state index is 11.9. The normalized spacial score (nSPS) is 10.3. The van der Waals surface area contributed by atoms with Crippen molar-refractivity contribution < 1.29 is 14.5 Å². The standard InChI is InChI=1S/C19H21N3O4S/c1-14-2-8-17(9-3-14)27-13-12-20-18(23)10-11-21-19(24)15-4-6-16(7-5-15)22(25)26/h2-9H,10-13H2,1H3,(H,20,23)(H,21,24). The number of nitrogens with zero attached hydrogens (tertiary/aromatic N) is 1. The van der Waals surface area contributed by atoms with Gasteiger partial charge >= 0.3 is 0 Å². The Morgan fingerprint density at radius 2 is 1.67 bits per heavy atom. The Labute approximate surface area is 161 Å². The number of aryl methyl sites for hydroxylation is 1. The highest BCUT2D eigenvalue weighted by Crippen LogP contribution is 2.17. The number of hydrogen-bond donors (Lipinski definition) is 2. The van der Waals surface area contributed by atoms with Crippen LogP contribution in [-0.2, 0) is 4.79 Å². The van der Waals surface area contributed by atoms with Crippen molar-refractivity contribution >= 4 is 29.3 Å². The molecule has 2 amide bonds. The van der Waals surface area contributed by atoms with Gasteiger partial charge in [0.05, 0.1) is 4.92 Å². The highest BCUT2D eigenvalue weighted by Gasteiger charge is 2.09. The molecular formula is C19H21N3O4S. The number of benzene rings is 2. The second-order valence-electron chi connectivity index (χ2n) is 5.82. The predicted molar refractivity (Wildman–Crippen MR) is 105 cm³/mol. The minimum Gasteiger partial charge on any atom is -0.355 e. The van der Waals surface area contributed by atoms with E-state index in [0.717, 1.165) is 10.6 Å². The molecule has 0 heterocycles. The molecule has 142 valence electrons. The van der Waals surface area contributed by atoms with E-state index in [-0.39, 0.29) is 30.5 Å². The molecule has 2 aromatic carbocycles. The molecule has 0 saturated heterocycles. The fraction of sp³-hybridized carbons (Fsp3) is 0.263. The quantitative estimate of drug-likeness (QED) is 0.298. The Morgan fingerprint density at radius 1 is 1.00 bits per heavy atom. The number of non-ortho nitro benzene ring substituents is 1. The predicted octanol–water partition coefficient (Wildman–Crippen LogP) is 2.93. The molecular weight excluding hydrogens is 366 g/mol. The van der Waals surface area contributed by atoms with E-state index in [1.807, 2.05) is 6.92 Å². The summed E-state index contributed by atoms with van der Waals surface area (Å²) >= 11 is 1.67. The van der Waals surface area contributed by atoms with Gasteiger partial charge in [0.1, 0.15) is 0 Å². The van der Waals surface area contributed by atoms with E-state index < -0.39 is 4.92 Å². The average molecular weight is 387 g/mol. The Morgan fingerprint density at radius 3 is 2.30 bits per heavy atom. The Bertz CT molecular complexity index is 792. The fourth-order valence-electron chi connectivity index (χ4n) is 2.21. The lowest BCUT2D eigenvalue weighted by Gasteiger charge is -2.07. The van der Waals surface area contributed by atoms with Crippen molar-refractivity contribution in [1.29, 1.82) is 0 Å². The molecule has 0 radical (unpaired) electrons. The van der Waals surface area contributed by atoms with Gasteiger partial charge in [-0.15, -0.1) is 11.8 Å². The van der Waals surface area contributed by atoms with Crippen LogP contribution in [0, 0.1) is 17.0 Å². The first-order valence-corrected chi connectivity index (χ1v) is 9.43. The highest BCUT2D eigenvalue weighted by atomic mass is 32.2. The van der Waals surface area contributed by atoms with Crippen LogP contribution in [0.2, 0.25) is 0 Å². The van der Waals surface area contributed by atoms with Gasteiger partial charge in [0.15, 0.2) is 0 Å². The molecule has 0 atom stereocenters. The van der Waals surface area contributed by atoms with Crippen LogP contribution in [0.3, 0.4) is 0 Å². The lowest BCUT2D eigenvalue weighted by atomic mass is 10.2. The first-order valence-electron chi connectivity index (χ1n) is 8.44. The van der Waals surface area contributed by atoms with E-state index >= 15 is 0 Å². The van der Waals surface area contributed by atoms with Crippen molar-refractivity contribution in [1.82, 2.24) is 10.6 Å². The van der Waals surface area contributed by atoms with Crippen molar-refractivity contribution in [3.8, 4) is 0 Å². The van der Waals surface area contributed by atoms with Crippen LogP contribution < -0.4 is 10.6 Å². The van der Waals surface area contributed by atoms with Gasteiger partial charge in [0.2, 0.25) is 5.91 Å². The summed E-state index contributed by atoms with van der Waals surface area (Å²) in [4.78, 5) is 34.9. The largest absolute Gasteiger partial charge is 0.355 e. The number of nitro benzene ring substituents is 1. The monoisotopic (exact) mass is 387 g/mol. The van der Waals surface area contributed by atoms with Gasteiger partial charge in [-0.3, -0.25) is 19.7 Å². The van der Waals surface area contributed by atoms with Crippen LogP contribution in [0.25, 0.3) is 0 Å². The number of thioether (sulfide) groups is 1. The average Bonchev–Trinajstić information content (AvgIpc) is 2.66. The van der Waals surface area contributed by atoms with E-state index in [1.165, 1.54) is 29.8 Å². The third kappa shape index (κ3) is 7.10. The number of nitro groups is 1. The summed E-state index contributed by atoms with van der Waals surface area (Å²) < 4.78 is 0. The summed E-state index contributed by atoms with van der Waals surface area (Å²) in [6.45, 7) is 2.79. The SMILES string of the molecule is Cc1ccc(SCCNC(=O)CCNC(=O)c2ccc([N+](=O)[O-])cc2)cc1. The second-order valence-corrected chi connectivity index (χ2v) is 6.99. The van der Waals surface area contributed by atoms with Crippen LogP contribution in [-0.4, -0.2) is 35.6 Å². The smallest absolute Gasteiger partial charge is 0.269 e. The van der Waals surface area contributed by atoms with Crippen molar-refractivity contribution in [2.45, 2.75) is 18.2 Å². The maximum atomic E-state index is 11.9. The summed E-state index contributed by atoms with van der Waals surface area (Å²) in [5, 5.41) is 16.0. The number of hydrogen-bond acceptors (Lipinski definition) is 5. The van der Waals surface area contributed by atoms with E-state index in [9.17, 15) is 19.7 Å². The summed E-state index contributed by atoms with van der Waals surface area (Å²) in [5.74, 6) is 0.264. The number of nitrogens with one attached hydrogen (secondary N) is 2. The van der Waals surface area contributed by atoms with E-state index in [4.69, 9.17) is 0 Å². The summed E-state index contributed by atoms with van der Waals surface area (Å²) in [6, 6.07) is 13.5. The molecule has 8 heteroatoms. The molecule has 0 aliphatic heterocycles. The molecule has 2 N–H and O–H groups in total. The fourth-order valence-corrected chi connectivity index (χ4v) is 2.98. The Kier molecular flexibility index (Phi) is 7.81. The molecule has 7 nitrogen and oxygen atoms in total. The zero-order valence-electron chi connectivity index (χ0n) is 14.9. The van der Waals surface area contributed by atoms with Crippen LogP contribution in [0.4, 0.5) is 5.69 Å². The second kappa shape index (κ2) is 10.3. The zero-order valence-corrected chi connectivity index (χ0v) is 15.8. The first-order chi connectivity index (χ1) is 13.0. The summed E-state index contributed by atoms with van der Waals surface area (Å²) in [6.07, 6.45) is 0.175. The number of carbonyl (C=O) groups is 2. The number of carbonyl (C=O) groups excluding carboxylic acids is 2. The molecule has 0 bridgehead atoms. The third-order valence-corrected chi connectivity index (χ3v) is 4.71. The molecule has 2 aromatic rings. The molecule has 0 fully saturated rings. The van der Waals surface area contributed by atoms with Gasteiger partial charge in [0, 0.05) is 47.9 Å². The maximum Gasteiger partial charge on any atom is 0.269 e. The first kappa shape index (κ1) is 20.4. The molecule has 0 spiro atoms. The van der Waals surface area contributed by atoms with Crippen LogP contribution >= 0.6 is 11.8 Å². The lowest BCUT2D eigenvalue weighted by molar-refractivity contribution is -0.384. The zero-order chi connectivity index (χ0) is 19.6. The minimum absolute atomic E-state index is 0.0746. The van der Waals surface area contributed by atoms with Gasteiger partial charge in [-0.2, -0.15) is 0 Å². The lowest BCUT2D eigenvalue weighted by Crippen LogP contribution is -2.31. The minimum atomic E-state index is -0.525. The third-order valence-electron chi connectivity index (χ3n) is 3.69. The van der Waals surface area contributed by atoms with E-state index in [0.29, 0.717) is 12.1 Å².